The van der Waals surface area contributed by atoms with Gasteiger partial charge in [0.05, 0.1) is 57.1 Å². The molecule has 0 fully saturated rings. The molecule has 16 nitrogen and oxygen atoms in total. The van der Waals surface area contributed by atoms with Crippen LogP contribution in [0.5, 0.6) is 11.5 Å². The molecule has 4 N–H and O–H groups in total. The summed E-state index contributed by atoms with van der Waals surface area (Å²) in [4.78, 5) is 79.0. The third-order valence-corrected chi connectivity index (χ3v) is 11.1. The molecule has 21 heteroatoms. The smallest absolute Gasteiger partial charge is 0.258 e. The summed E-state index contributed by atoms with van der Waals surface area (Å²) < 4.78 is 11.3. The maximum absolute atomic E-state index is 13.5. The predicted octanol–water partition coefficient (Wildman–Crippen LogP) is 11.9. The Balaban J connectivity index is 1.27. The number of nitrogens with zero attached hydrogens (tertiary/aromatic N) is 4. The number of hydrogen-bond donors (Lipinski definition) is 4. The van der Waals surface area contributed by atoms with E-state index in [0.717, 1.165) is 13.8 Å². The fourth-order valence-electron chi connectivity index (χ4n) is 6.27. The molecule has 0 radical (unpaired) electrons. The van der Waals surface area contributed by atoms with Gasteiger partial charge in [-0.1, -0.05) is 47.5 Å². The van der Waals surface area contributed by atoms with Gasteiger partial charge < -0.3 is 30.7 Å². The number of ether oxygens (including phenoxy) is 2. The normalized spacial score (nSPS) is 12.0. The van der Waals surface area contributed by atoms with Crippen LogP contribution in [0.1, 0.15) is 65.1 Å². The first-order valence-corrected chi connectivity index (χ1v) is 22.9. The standard InChI is InChI=1S/C47H43Cl5N8O8/c1-5-67-38-11-7-9-27(22-48)42(38)55-44(63)33-20-31(13-16-35(33)51)57-59-40(25(3)61)46(65)53-30-15-18-37(29(19-30)24-50)54-47(66)41(26(4)62)60-58-32-14-17-36(52)34(21-32)45(64)56-43-28(23-49)10-8-12-39(43)68-6-2/h7-21,40-41H,5-6,22-24H2,1-4H3,(H,53,65)(H,54,66)(H,55,63)(H,56,64). The van der Waals surface area contributed by atoms with Crippen molar-refractivity contribution in [3.63, 3.8) is 0 Å². The molecule has 0 bridgehead atoms. The van der Waals surface area contributed by atoms with Gasteiger partial charge in [0.1, 0.15) is 11.5 Å². The van der Waals surface area contributed by atoms with Gasteiger partial charge in [-0.15, -0.1) is 34.8 Å². The van der Waals surface area contributed by atoms with Crippen LogP contribution in [-0.2, 0) is 36.8 Å². The molecule has 2 atom stereocenters. The summed E-state index contributed by atoms with van der Waals surface area (Å²) >= 11 is 31.2. The highest BCUT2D eigenvalue weighted by Crippen LogP contribution is 2.34. The quantitative estimate of drug-likeness (QED) is 0.0314. The van der Waals surface area contributed by atoms with E-state index in [9.17, 15) is 28.8 Å². The summed E-state index contributed by atoms with van der Waals surface area (Å²) in [6, 6.07) is 19.8. The number of Topliss-reactive ketones (excluding diaryl/α,β-unsaturated/α-hetero) is 2. The minimum atomic E-state index is -1.62. The third-order valence-electron chi connectivity index (χ3n) is 9.60. The summed E-state index contributed by atoms with van der Waals surface area (Å²) in [5.74, 6) is -3.33. The second-order valence-corrected chi connectivity index (χ2v) is 16.0. The first kappa shape index (κ1) is 52.5. The molecule has 0 aliphatic heterocycles. The van der Waals surface area contributed by atoms with Crippen molar-refractivity contribution in [3.8, 4) is 11.5 Å². The molecule has 68 heavy (non-hydrogen) atoms. The van der Waals surface area contributed by atoms with Crippen LogP contribution in [0.25, 0.3) is 0 Å². The molecule has 0 saturated heterocycles. The summed E-state index contributed by atoms with van der Waals surface area (Å²) in [5, 5.41) is 27.1. The average Bonchev–Trinajstić information content (AvgIpc) is 3.31. The van der Waals surface area contributed by atoms with E-state index < -0.39 is 47.3 Å². The lowest BCUT2D eigenvalue weighted by atomic mass is 10.1. The Labute approximate surface area is 416 Å². The second kappa shape index (κ2) is 25.1. The van der Waals surface area contributed by atoms with Gasteiger partial charge in [-0.05, 0) is 111 Å². The van der Waals surface area contributed by atoms with E-state index in [0.29, 0.717) is 52.8 Å². The van der Waals surface area contributed by atoms with Crippen molar-refractivity contribution in [2.75, 3.05) is 34.5 Å². The van der Waals surface area contributed by atoms with Gasteiger partial charge in [0.15, 0.2) is 11.6 Å². The van der Waals surface area contributed by atoms with Crippen molar-refractivity contribution in [1.82, 2.24) is 0 Å². The molecular weight excluding hydrogens is 982 g/mol. The zero-order valence-corrected chi connectivity index (χ0v) is 40.6. The van der Waals surface area contributed by atoms with Gasteiger partial charge in [-0.25, -0.2) is 0 Å². The van der Waals surface area contributed by atoms with Gasteiger partial charge in [-0.3, -0.25) is 28.8 Å². The monoisotopic (exact) mass is 1020 g/mol. The third kappa shape index (κ3) is 13.6. The molecule has 5 aromatic rings. The lowest BCUT2D eigenvalue weighted by Crippen LogP contribution is -2.32. The lowest BCUT2D eigenvalue weighted by Gasteiger charge is -2.15. The fourth-order valence-corrected chi connectivity index (χ4v) is 7.35. The number of para-hydroxylation sites is 2. The maximum atomic E-state index is 13.5. The average molecular weight is 1030 g/mol. The van der Waals surface area contributed by atoms with Crippen molar-refractivity contribution in [2.45, 2.75) is 57.4 Å². The molecule has 0 aliphatic rings. The van der Waals surface area contributed by atoms with Crippen molar-refractivity contribution < 1.29 is 38.2 Å². The van der Waals surface area contributed by atoms with Crippen LogP contribution in [0.2, 0.25) is 10.0 Å². The van der Waals surface area contributed by atoms with E-state index in [1.54, 1.807) is 50.2 Å². The second-order valence-electron chi connectivity index (χ2n) is 14.4. The Hall–Kier alpha value is -6.43. The zero-order valence-electron chi connectivity index (χ0n) is 36.8. The van der Waals surface area contributed by atoms with Crippen LogP contribution in [0.4, 0.5) is 34.1 Å². The van der Waals surface area contributed by atoms with E-state index in [2.05, 4.69) is 41.7 Å². The van der Waals surface area contributed by atoms with Crippen LogP contribution in [0.15, 0.2) is 111 Å². The Morgan fingerprint density at radius 1 is 0.544 bits per heavy atom. The number of alkyl halides is 3. The van der Waals surface area contributed by atoms with Gasteiger partial charge in [0.2, 0.25) is 12.1 Å². The summed E-state index contributed by atoms with van der Waals surface area (Å²) in [7, 11) is 0. The molecule has 0 spiro atoms. The Bertz CT molecular complexity index is 2790. The van der Waals surface area contributed by atoms with Crippen molar-refractivity contribution in [2.24, 2.45) is 20.5 Å². The van der Waals surface area contributed by atoms with Gasteiger partial charge in [0.25, 0.3) is 23.6 Å². The summed E-state index contributed by atoms with van der Waals surface area (Å²) in [6.45, 7) is 6.60. The van der Waals surface area contributed by atoms with Crippen molar-refractivity contribution in [3.05, 3.63) is 129 Å². The number of rotatable bonds is 21. The highest BCUT2D eigenvalue weighted by atomic mass is 35.5. The Morgan fingerprint density at radius 2 is 0.985 bits per heavy atom. The van der Waals surface area contributed by atoms with E-state index >= 15 is 0 Å². The van der Waals surface area contributed by atoms with Crippen molar-refractivity contribution in [1.29, 1.82) is 0 Å². The molecule has 2 unspecified atom stereocenters. The number of carbonyl (C=O) groups excluding carboxylic acids is 6. The van der Waals surface area contributed by atoms with Crippen LogP contribution in [0, 0.1) is 0 Å². The number of carbonyl (C=O) groups is 6. The molecule has 5 aromatic carbocycles. The van der Waals surface area contributed by atoms with Gasteiger partial charge in [0, 0.05) is 29.0 Å². The largest absolute Gasteiger partial charge is 0.492 e. The number of azo groups is 2. The molecule has 5 rings (SSSR count). The molecule has 0 heterocycles. The van der Waals surface area contributed by atoms with Crippen LogP contribution in [-0.4, -0.2) is 60.5 Å². The van der Waals surface area contributed by atoms with Gasteiger partial charge in [-0.2, -0.15) is 20.5 Å². The molecule has 4 amide bonds. The minimum Gasteiger partial charge on any atom is -0.492 e. The number of halogens is 5. The van der Waals surface area contributed by atoms with Crippen LogP contribution in [0.3, 0.4) is 0 Å². The number of nitrogens with one attached hydrogen (secondary N) is 4. The van der Waals surface area contributed by atoms with Crippen LogP contribution < -0.4 is 30.7 Å². The highest BCUT2D eigenvalue weighted by molar-refractivity contribution is 6.35. The zero-order chi connectivity index (χ0) is 49.5. The number of amides is 4. The van der Waals surface area contributed by atoms with Crippen LogP contribution >= 0.6 is 58.0 Å². The minimum absolute atomic E-state index is 0.0235. The molecule has 0 aromatic heterocycles. The lowest BCUT2D eigenvalue weighted by molar-refractivity contribution is -0.127. The van der Waals surface area contributed by atoms with E-state index in [4.69, 9.17) is 67.5 Å². The summed E-state index contributed by atoms with van der Waals surface area (Å²) in [5.41, 5.74) is 2.95. The topological polar surface area (TPSA) is 218 Å². The Kier molecular flexibility index (Phi) is 19.4. The first-order valence-electron chi connectivity index (χ1n) is 20.6. The summed E-state index contributed by atoms with van der Waals surface area (Å²) in [6.07, 6.45) is 0. The Morgan fingerprint density at radius 3 is 1.40 bits per heavy atom. The molecular formula is C47H43Cl5N8O8. The van der Waals surface area contributed by atoms with Crippen molar-refractivity contribution >= 4 is 127 Å². The number of benzene rings is 5. The number of ketones is 2. The van der Waals surface area contributed by atoms with Gasteiger partial charge >= 0.3 is 0 Å². The highest BCUT2D eigenvalue weighted by Gasteiger charge is 2.27. The van der Waals surface area contributed by atoms with E-state index in [1.807, 2.05) is 0 Å². The maximum Gasteiger partial charge on any atom is 0.258 e. The first-order chi connectivity index (χ1) is 32.6. The fraction of sp³-hybridized carbons (Fsp3) is 0.234. The van der Waals surface area contributed by atoms with E-state index in [-0.39, 0.29) is 61.6 Å². The predicted molar refractivity (Wildman–Crippen MR) is 264 cm³/mol. The molecule has 0 aliphatic carbocycles. The molecule has 0 saturated carbocycles. The SMILES string of the molecule is CCOc1cccc(CCl)c1NC(=O)c1cc(N=NC(C(C)=O)C(=O)Nc2ccc(NC(=O)C(N=Nc3ccc(Cl)c(C(=O)Nc4c(CCl)cccc4OCC)c3)C(C)=O)c(CCl)c2)ccc1Cl. The number of hydrogen-bond acceptors (Lipinski definition) is 12. The number of anilines is 4. The van der Waals surface area contributed by atoms with E-state index in [1.165, 1.54) is 54.6 Å². The molecule has 354 valence electrons.